The van der Waals surface area contributed by atoms with E-state index in [9.17, 15) is 22.7 Å². The van der Waals surface area contributed by atoms with Gasteiger partial charge in [0.15, 0.2) is 0 Å². The first kappa shape index (κ1) is 15.8. The molecule has 0 saturated carbocycles. The van der Waals surface area contributed by atoms with E-state index in [-0.39, 0.29) is 5.56 Å². The molecule has 1 nitrogen and oxygen atoms in total. The van der Waals surface area contributed by atoms with E-state index in [1.54, 1.807) is 0 Å². The molecular formula is C12H6BrClF4OS. The van der Waals surface area contributed by atoms with Crippen LogP contribution in [0.3, 0.4) is 0 Å². The molecule has 108 valence electrons. The first-order valence-electron chi connectivity index (χ1n) is 5.19. The lowest BCUT2D eigenvalue weighted by Crippen LogP contribution is -2.09. The molecular weight excluding hydrogens is 384 g/mol. The summed E-state index contributed by atoms with van der Waals surface area (Å²) in [6.45, 7) is 0. The topological polar surface area (TPSA) is 20.2 Å². The number of rotatable bonds is 2. The predicted octanol–water partition coefficient (Wildman–Crippen LogP) is 5.40. The van der Waals surface area contributed by atoms with Gasteiger partial charge < -0.3 is 5.11 Å². The highest BCUT2D eigenvalue weighted by Crippen LogP contribution is 2.38. The van der Waals surface area contributed by atoms with Gasteiger partial charge in [0.05, 0.1) is 5.56 Å². The van der Waals surface area contributed by atoms with Crippen LogP contribution in [0.25, 0.3) is 0 Å². The maximum Gasteiger partial charge on any atom is 0.419 e. The van der Waals surface area contributed by atoms with Crippen molar-refractivity contribution < 1.29 is 22.7 Å². The first-order chi connectivity index (χ1) is 9.20. The van der Waals surface area contributed by atoms with Crippen molar-refractivity contribution >= 4 is 38.9 Å². The summed E-state index contributed by atoms with van der Waals surface area (Å²) in [5.74, 6) is -1.42. The Kier molecular flexibility index (Phi) is 4.44. The normalized spacial score (nSPS) is 13.6. The molecule has 1 heterocycles. The summed E-state index contributed by atoms with van der Waals surface area (Å²) in [6, 6.07) is 3.86. The summed E-state index contributed by atoms with van der Waals surface area (Å²) in [5.41, 5.74) is -1.33. The zero-order valence-electron chi connectivity index (χ0n) is 9.51. The lowest BCUT2D eigenvalue weighted by Gasteiger charge is -2.12. The Hall–Kier alpha value is -0.630. The summed E-state index contributed by atoms with van der Waals surface area (Å²) in [5, 5.41) is 10.0. The van der Waals surface area contributed by atoms with Gasteiger partial charge in [-0.2, -0.15) is 13.2 Å². The van der Waals surface area contributed by atoms with Crippen molar-refractivity contribution in [3.8, 4) is 0 Å². The minimum Gasteiger partial charge on any atom is -0.383 e. The predicted molar refractivity (Wildman–Crippen MR) is 72.5 cm³/mol. The van der Waals surface area contributed by atoms with Crippen molar-refractivity contribution in [3.63, 3.8) is 0 Å². The van der Waals surface area contributed by atoms with Gasteiger partial charge in [0.25, 0.3) is 0 Å². The Morgan fingerprint density at radius 2 is 1.90 bits per heavy atom. The quantitative estimate of drug-likeness (QED) is 0.682. The van der Waals surface area contributed by atoms with Crippen LogP contribution in [0, 0.1) is 5.82 Å². The minimum absolute atomic E-state index is 0.0286. The summed E-state index contributed by atoms with van der Waals surface area (Å²) < 4.78 is 51.7. The van der Waals surface area contributed by atoms with E-state index < -0.39 is 23.7 Å². The molecule has 0 aliphatic heterocycles. The number of aliphatic hydroxyl groups excluding tert-OH is 1. The molecule has 1 unspecified atom stereocenters. The Labute approximate surface area is 128 Å². The summed E-state index contributed by atoms with van der Waals surface area (Å²) in [4.78, 5) is 0.404. The van der Waals surface area contributed by atoms with Gasteiger partial charge in [-0.05, 0) is 39.7 Å². The van der Waals surface area contributed by atoms with E-state index in [0.717, 1.165) is 17.4 Å². The van der Waals surface area contributed by atoms with Gasteiger partial charge in [0.2, 0.25) is 0 Å². The highest BCUT2D eigenvalue weighted by atomic mass is 79.9. The molecule has 1 aromatic carbocycles. The third-order valence-electron chi connectivity index (χ3n) is 2.55. The monoisotopic (exact) mass is 388 g/mol. The fourth-order valence-corrected chi connectivity index (χ4v) is 3.34. The minimum atomic E-state index is -4.76. The number of benzene rings is 1. The zero-order chi connectivity index (χ0) is 15.1. The third kappa shape index (κ3) is 3.16. The number of hydrogen-bond acceptors (Lipinski definition) is 2. The molecule has 1 aromatic heterocycles. The molecule has 0 amide bonds. The van der Waals surface area contributed by atoms with Gasteiger partial charge in [-0.15, -0.1) is 11.3 Å². The van der Waals surface area contributed by atoms with Crippen molar-refractivity contribution in [1.82, 2.24) is 0 Å². The molecule has 0 fully saturated rings. The highest BCUT2D eigenvalue weighted by Gasteiger charge is 2.34. The Bertz CT molecular complexity index is 621. The Morgan fingerprint density at radius 1 is 1.25 bits per heavy atom. The molecule has 0 bridgehead atoms. The third-order valence-corrected chi connectivity index (χ3v) is 5.08. The van der Waals surface area contributed by atoms with Gasteiger partial charge in [-0.25, -0.2) is 4.39 Å². The van der Waals surface area contributed by atoms with Crippen LogP contribution in [-0.2, 0) is 6.18 Å². The molecule has 0 saturated heterocycles. The second-order valence-corrected chi connectivity index (χ2v) is 6.45. The van der Waals surface area contributed by atoms with E-state index in [4.69, 9.17) is 11.6 Å². The van der Waals surface area contributed by atoms with Crippen LogP contribution in [-0.4, -0.2) is 5.11 Å². The molecule has 2 aromatic rings. The van der Waals surface area contributed by atoms with Gasteiger partial charge in [-0.1, -0.05) is 17.7 Å². The van der Waals surface area contributed by atoms with Crippen LogP contribution in [0.4, 0.5) is 17.6 Å². The molecule has 1 atom stereocenters. The van der Waals surface area contributed by atoms with Crippen LogP contribution in [0.5, 0.6) is 0 Å². The van der Waals surface area contributed by atoms with Crippen molar-refractivity contribution in [3.05, 3.63) is 54.9 Å². The maximum atomic E-state index is 13.4. The standard InChI is InChI=1S/C12H6BrClF4OS/c13-7-4-9(20-11(7)14)10(19)5-1-2-6(8(15)3-5)12(16,17)18/h1-4,10,19H. The van der Waals surface area contributed by atoms with Crippen LogP contribution in [0.15, 0.2) is 28.7 Å². The fourth-order valence-electron chi connectivity index (χ4n) is 1.59. The van der Waals surface area contributed by atoms with E-state index in [1.165, 1.54) is 6.07 Å². The number of alkyl halides is 3. The highest BCUT2D eigenvalue weighted by molar-refractivity contribution is 9.10. The maximum absolute atomic E-state index is 13.4. The Morgan fingerprint density at radius 3 is 2.35 bits per heavy atom. The molecule has 2 rings (SSSR count). The average molecular weight is 390 g/mol. The van der Waals surface area contributed by atoms with E-state index in [2.05, 4.69) is 15.9 Å². The van der Waals surface area contributed by atoms with E-state index in [0.29, 0.717) is 25.8 Å². The summed E-state index contributed by atoms with van der Waals surface area (Å²) >= 11 is 10.0. The molecule has 0 radical (unpaired) electrons. The average Bonchev–Trinajstić information content (AvgIpc) is 2.67. The van der Waals surface area contributed by atoms with Gasteiger partial charge in [0, 0.05) is 9.35 Å². The molecule has 20 heavy (non-hydrogen) atoms. The number of hydrogen-bond donors (Lipinski definition) is 1. The smallest absolute Gasteiger partial charge is 0.383 e. The fraction of sp³-hybridized carbons (Fsp3) is 0.167. The van der Waals surface area contributed by atoms with Crippen LogP contribution in [0.1, 0.15) is 22.1 Å². The van der Waals surface area contributed by atoms with E-state index in [1.807, 2.05) is 0 Å². The van der Waals surface area contributed by atoms with Gasteiger partial charge in [-0.3, -0.25) is 0 Å². The summed E-state index contributed by atoms with van der Waals surface area (Å²) in [7, 11) is 0. The molecule has 0 spiro atoms. The van der Waals surface area contributed by atoms with Crippen molar-refractivity contribution in [2.75, 3.05) is 0 Å². The van der Waals surface area contributed by atoms with Crippen molar-refractivity contribution in [2.24, 2.45) is 0 Å². The van der Waals surface area contributed by atoms with Gasteiger partial charge >= 0.3 is 6.18 Å². The Balaban J connectivity index is 2.36. The summed E-state index contributed by atoms with van der Waals surface area (Å²) in [6.07, 6.45) is -6.00. The number of thiophene rings is 1. The van der Waals surface area contributed by atoms with Crippen molar-refractivity contribution in [1.29, 1.82) is 0 Å². The molecule has 0 aliphatic carbocycles. The molecule has 8 heteroatoms. The van der Waals surface area contributed by atoms with E-state index >= 15 is 0 Å². The lowest BCUT2D eigenvalue weighted by atomic mass is 10.0. The lowest BCUT2D eigenvalue weighted by molar-refractivity contribution is -0.140. The zero-order valence-corrected chi connectivity index (χ0v) is 12.7. The second-order valence-electron chi connectivity index (χ2n) is 3.91. The first-order valence-corrected chi connectivity index (χ1v) is 7.18. The van der Waals surface area contributed by atoms with Crippen LogP contribution < -0.4 is 0 Å². The molecule has 1 N–H and O–H groups in total. The number of halogens is 6. The van der Waals surface area contributed by atoms with Crippen LogP contribution in [0.2, 0.25) is 4.34 Å². The van der Waals surface area contributed by atoms with Gasteiger partial charge in [0.1, 0.15) is 16.3 Å². The number of aliphatic hydroxyl groups is 1. The second kappa shape index (κ2) is 5.63. The SMILES string of the molecule is OC(c1ccc(C(F)(F)F)c(F)c1)c1cc(Br)c(Cl)s1. The van der Waals surface area contributed by atoms with Crippen molar-refractivity contribution in [2.45, 2.75) is 12.3 Å². The largest absolute Gasteiger partial charge is 0.419 e. The molecule has 0 aliphatic rings. The van der Waals surface area contributed by atoms with Crippen LogP contribution >= 0.6 is 38.9 Å².